The van der Waals surface area contributed by atoms with Crippen LogP contribution in [0.2, 0.25) is 0 Å². The van der Waals surface area contributed by atoms with Crippen LogP contribution >= 0.6 is 0 Å². The zero-order chi connectivity index (χ0) is 16.6. The van der Waals surface area contributed by atoms with E-state index in [9.17, 15) is 4.79 Å². The monoisotopic (exact) mass is 321 g/mol. The smallest absolute Gasteiger partial charge is 0.228 e. The molecule has 0 aromatic rings. The second-order valence-corrected chi connectivity index (χ2v) is 8.75. The molecular weight excluding hydrogens is 286 g/mol. The Kier molecular flexibility index (Phi) is 5.03. The minimum Gasteiger partial charge on any atom is -0.341 e. The van der Waals surface area contributed by atoms with Crippen LogP contribution in [-0.2, 0) is 4.79 Å². The van der Waals surface area contributed by atoms with Crippen molar-refractivity contribution in [1.82, 2.24) is 14.7 Å². The van der Waals surface area contributed by atoms with Crippen LogP contribution < -0.4 is 0 Å². The summed E-state index contributed by atoms with van der Waals surface area (Å²) in [5, 5.41) is 0. The Balaban J connectivity index is 1.39. The van der Waals surface area contributed by atoms with Crippen LogP contribution in [0.15, 0.2) is 0 Å². The maximum atomic E-state index is 12.5. The predicted molar refractivity (Wildman–Crippen MR) is 94.3 cm³/mol. The van der Waals surface area contributed by atoms with Crippen molar-refractivity contribution in [2.75, 3.05) is 45.8 Å². The summed E-state index contributed by atoms with van der Waals surface area (Å²) in [6.07, 6.45) is 3.85. The molecule has 3 fully saturated rings. The van der Waals surface area contributed by atoms with Gasteiger partial charge in [-0.2, -0.15) is 0 Å². The second kappa shape index (κ2) is 6.72. The number of amides is 1. The molecule has 23 heavy (non-hydrogen) atoms. The quantitative estimate of drug-likeness (QED) is 0.777. The van der Waals surface area contributed by atoms with Gasteiger partial charge in [-0.3, -0.25) is 9.69 Å². The van der Waals surface area contributed by atoms with Crippen LogP contribution in [0, 0.1) is 17.3 Å². The number of hydrogen-bond acceptors (Lipinski definition) is 3. The molecule has 1 amide bonds. The number of carbonyl (C=O) groups excluding carboxylic acids is 1. The van der Waals surface area contributed by atoms with Gasteiger partial charge in [0.05, 0.1) is 5.92 Å². The molecule has 0 N–H and O–H groups in total. The Morgan fingerprint density at radius 2 is 1.74 bits per heavy atom. The lowest BCUT2D eigenvalue weighted by atomic mass is 9.71. The first-order valence-corrected chi connectivity index (χ1v) is 9.67. The van der Waals surface area contributed by atoms with Crippen LogP contribution in [-0.4, -0.2) is 72.5 Å². The third-order valence-corrected chi connectivity index (χ3v) is 6.54. The van der Waals surface area contributed by atoms with Crippen molar-refractivity contribution >= 4 is 5.91 Å². The highest BCUT2D eigenvalue weighted by molar-refractivity contribution is 5.81. The van der Waals surface area contributed by atoms with Crippen LogP contribution in [0.4, 0.5) is 0 Å². The Morgan fingerprint density at radius 1 is 1.13 bits per heavy atom. The van der Waals surface area contributed by atoms with E-state index >= 15 is 0 Å². The summed E-state index contributed by atoms with van der Waals surface area (Å²) in [7, 11) is 0. The van der Waals surface area contributed by atoms with E-state index in [1.165, 1.54) is 38.9 Å². The summed E-state index contributed by atoms with van der Waals surface area (Å²) in [6.45, 7) is 16.8. The Morgan fingerprint density at radius 3 is 2.26 bits per heavy atom. The molecule has 132 valence electrons. The molecule has 4 heteroatoms. The van der Waals surface area contributed by atoms with Crippen molar-refractivity contribution in [1.29, 1.82) is 0 Å². The topological polar surface area (TPSA) is 26.8 Å². The highest BCUT2D eigenvalue weighted by Crippen LogP contribution is 2.41. The first-order chi connectivity index (χ1) is 10.9. The Bertz CT molecular complexity index is 414. The van der Waals surface area contributed by atoms with E-state index < -0.39 is 0 Å². The molecule has 3 aliphatic heterocycles. The summed E-state index contributed by atoms with van der Waals surface area (Å²) in [6, 6.07) is 0.580. The van der Waals surface area contributed by atoms with Crippen molar-refractivity contribution in [3.05, 3.63) is 0 Å². The molecule has 1 atom stereocenters. The van der Waals surface area contributed by atoms with Gasteiger partial charge in [0.15, 0.2) is 0 Å². The van der Waals surface area contributed by atoms with Gasteiger partial charge in [-0.1, -0.05) is 20.3 Å². The van der Waals surface area contributed by atoms with Crippen LogP contribution in [0.25, 0.3) is 0 Å². The van der Waals surface area contributed by atoms with E-state index in [2.05, 4.69) is 42.4 Å². The van der Waals surface area contributed by atoms with Crippen molar-refractivity contribution in [3.8, 4) is 0 Å². The van der Waals surface area contributed by atoms with Gasteiger partial charge in [-0.05, 0) is 45.7 Å². The number of likely N-dealkylation sites (tertiary alicyclic amines) is 3. The highest BCUT2D eigenvalue weighted by Gasteiger charge is 2.49. The third kappa shape index (κ3) is 3.58. The number of rotatable bonds is 5. The fraction of sp³-hybridized carbons (Fsp3) is 0.947. The van der Waals surface area contributed by atoms with Gasteiger partial charge < -0.3 is 9.80 Å². The second-order valence-electron chi connectivity index (χ2n) is 8.75. The summed E-state index contributed by atoms with van der Waals surface area (Å²) < 4.78 is 0. The van der Waals surface area contributed by atoms with E-state index in [0.29, 0.717) is 17.4 Å². The molecule has 3 rings (SSSR count). The van der Waals surface area contributed by atoms with Crippen molar-refractivity contribution in [2.45, 2.75) is 53.0 Å². The largest absolute Gasteiger partial charge is 0.341 e. The van der Waals surface area contributed by atoms with Crippen molar-refractivity contribution in [3.63, 3.8) is 0 Å². The number of piperidine rings is 1. The van der Waals surface area contributed by atoms with Crippen molar-refractivity contribution < 1.29 is 4.79 Å². The first kappa shape index (κ1) is 17.2. The molecular formula is C19H35N3O. The summed E-state index contributed by atoms with van der Waals surface area (Å²) >= 11 is 0. The van der Waals surface area contributed by atoms with Gasteiger partial charge in [-0.15, -0.1) is 0 Å². The zero-order valence-corrected chi connectivity index (χ0v) is 15.6. The van der Waals surface area contributed by atoms with Gasteiger partial charge in [0.2, 0.25) is 5.91 Å². The zero-order valence-electron chi connectivity index (χ0n) is 15.6. The fourth-order valence-corrected chi connectivity index (χ4v) is 4.36. The average Bonchev–Trinajstić information content (AvgIpc) is 2.43. The SMILES string of the molecule is CCC(C)CN1CCC2(CC1)CN(C(=O)C1CN(C(C)C)C1)C2. The minimum absolute atomic E-state index is 0.278. The summed E-state index contributed by atoms with van der Waals surface area (Å²) in [4.78, 5) is 19.7. The van der Waals surface area contributed by atoms with Gasteiger partial charge in [0.1, 0.15) is 0 Å². The lowest BCUT2D eigenvalue weighted by Crippen LogP contribution is -2.66. The van der Waals surface area contributed by atoms with Gasteiger partial charge >= 0.3 is 0 Å². The molecule has 0 saturated carbocycles. The van der Waals surface area contributed by atoms with Gasteiger partial charge in [-0.25, -0.2) is 0 Å². The van der Waals surface area contributed by atoms with Crippen LogP contribution in [0.5, 0.6) is 0 Å². The van der Waals surface area contributed by atoms with Crippen molar-refractivity contribution in [2.24, 2.45) is 17.3 Å². The predicted octanol–water partition coefficient (Wildman–Crippen LogP) is 2.30. The molecule has 0 aromatic carbocycles. The van der Waals surface area contributed by atoms with Crippen LogP contribution in [0.3, 0.4) is 0 Å². The number of hydrogen-bond donors (Lipinski definition) is 0. The van der Waals surface area contributed by atoms with E-state index in [4.69, 9.17) is 0 Å². The Labute approximate surface area is 142 Å². The maximum absolute atomic E-state index is 12.5. The molecule has 0 aromatic heterocycles. The lowest BCUT2D eigenvalue weighted by molar-refractivity contribution is -0.157. The van der Waals surface area contributed by atoms with Crippen LogP contribution in [0.1, 0.15) is 47.0 Å². The first-order valence-electron chi connectivity index (χ1n) is 9.67. The van der Waals surface area contributed by atoms with Gasteiger partial charge in [0.25, 0.3) is 0 Å². The normalized spacial score (nSPS) is 27.1. The van der Waals surface area contributed by atoms with E-state index in [-0.39, 0.29) is 5.92 Å². The molecule has 3 heterocycles. The average molecular weight is 322 g/mol. The molecule has 0 aliphatic carbocycles. The standard InChI is InChI=1S/C19H35N3O/c1-5-16(4)10-20-8-6-19(7-9-20)13-22(14-19)18(23)17-11-21(12-17)15(2)3/h15-17H,5-14H2,1-4H3. The molecule has 1 spiro atoms. The minimum atomic E-state index is 0.278. The molecule has 1 unspecified atom stereocenters. The van der Waals surface area contributed by atoms with E-state index in [1.54, 1.807) is 0 Å². The number of nitrogens with zero attached hydrogens (tertiary/aromatic N) is 3. The van der Waals surface area contributed by atoms with E-state index in [0.717, 1.165) is 32.1 Å². The lowest BCUT2D eigenvalue weighted by Gasteiger charge is -2.56. The Hall–Kier alpha value is -0.610. The fourth-order valence-electron chi connectivity index (χ4n) is 4.36. The third-order valence-electron chi connectivity index (χ3n) is 6.54. The molecule has 3 aliphatic rings. The summed E-state index contributed by atoms with van der Waals surface area (Å²) in [5.41, 5.74) is 0.461. The van der Waals surface area contributed by atoms with Gasteiger partial charge in [0, 0.05) is 44.2 Å². The molecule has 0 radical (unpaired) electrons. The highest BCUT2D eigenvalue weighted by atomic mass is 16.2. The summed E-state index contributed by atoms with van der Waals surface area (Å²) in [5.74, 6) is 1.51. The molecule has 0 bridgehead atoms. The maximum Gasteiger partial charge on any atom is 0.228 e. The molecule has 4 nitrogen and oxygen atoms in total. The van der Waals surface area contributed by atoms with E-state index in [1.807, 2.05) is 0 Å². The number of carbonyl (C=O) groups is 1. The molecule has 3 saturated heterocycles.